The number of carbonyl (C=O) groups is 1. The Bertz CT molecular complexity index is 759. The number of likely N-dealkylation sites (N-methyl/N-ethyl adjacent to an activating group) is 2. The lowest BCUT2D eigenvalue weighted by Crippen LogP contribution is -2.36. The third-order valence-electron chi connectivity index (χ3n) is 4.38. The van der Waals surface area contributed by atoms with Gasteiger partial charge in [-0.1, -0.05) is 13.8 Å². The Hall–Kier alpha value is -1.99. The van der Waals surface area contributed by atoms with E-state index in [1.807, 2.05) is 6.92 Å². The molecule has 1 aromatic carbocycles. The molecule has 0 radical (unpaired) electrons. The summed E-state index contributed by atoms with van der Waals surface area (Å²) >= 11 is 1.29. The Morgan fingerprint density at radius 3 is 2.54 bits per heavy atom. The summed E-state index contributed by atoms with van der Waals surface area (Å²) in [6.07, 6.45) is 0. The zero-order valence-electron chi connectivity index (χ0n) is 16.0. The van der Waals surface area contributed by atoms with Crippen molar-refractivity contribution in [2.75, 3.05) is 40.3 Å². The van der Waals surface area contributed by atoms with Crippen molar-refractivity contribution in [1.29, 1.82) is 0 Å². The fourth-order valence-corrected chi connectivity index (χ4v) is 3.68. The van der Waals surface area contributed by atoms with Crippen LogP contribution >= 0.6 is 11.3 Å². The fraction of sp³-hybridized carbons (Fsp3) is 0.474. The highest BCUT2D eigenvalue weighted by Crippen LogP contribution is 2.31. The Labute approximate surface area is 158 Å². The Balaban J connectivity index is 2.16. The van der Waals surface area contributed by atoms with Crippen LogP contribution in [0.1, 0.15) is 29.2 Å². The molecule has 0 saturated heterocycles. The van der Waals surface area contributed by atoms with Gasteiger partial charge in [-0.15, -0.1) is 11.3 Å². The number of benzene rings is 1. The van der Waals surface area contributed by atoms with Gasteiger partial charge in [0.2, 0.25) is 0 Å². The van der Waals surface area contributed by atoms with E-state index in [4.69, 9.17) is 4.74 Å². The number of aryl methyl sites for hydroxylation is 1. The van der Waals surface area contributed by atoms with E-state index >= 15 is 0 Å². The van der Waals surface area contributed by atoms with Gasteiger partial charge in [-0.25, -0.2) is 9.37 Å². The Morgan fingerprint density at radius 1 is 1.27 bits per heavy atom. The molecule has 0 spiro atoms. The monoisotopic (exact) mass is 379 g/mol. The zero-order chi connectivity index (χ0) is 19.3. The number of methoxy groups -OCH3 is 1. The molecule has 0 fully saturated rings. The summed E-state index contributed by atoms with van der Waals surface area (Å²) in [7, 11) is 3.23. The normalized spacial score (nSPS) is 11.0. The third kappa shape index (κ3) is 4.59. The molecule has 0 N–H and O–H groups in total. The lowest BCUT2D eigenvalue weighted by Gasteiger charge is -2.22. The number of nitrogens with zero attached hydrogens (tertiary/aromatic N) is 3. The molecule has 26 heavy (non-hydrogen) atoms. The summed E-state index contributed by atoms with van der Waals surface area (Å²) in [5.41, 5.74) is 1.31. The number of thiazole rings is 1. The van der Waals surface area contributed by atoms with Crippen LogP contribution in [-0.2, 0) is 0 Å². The minimum Gasteiger partial charge on any atom is -0.494 e. The van der Waals surface area contributed by atoms with Crippen LogP contribution in [0.3, 0.4) is 0 Å². The van der Waals surface area contributed by atoms with Crippen LogP contribution < -0.4 is 4.74 Å². The smallest absolute Gasteiger partial charge is 0.265 e. The Morgan fingerprint density at radius 2 is 1.96 bits per heavy atom. The van der Waals surface area contributed by atoms with Crippen molar-refractivity contribution in [3.8, 4) is 16.3 Å². The molecule has 0 aliphatic heterocycles. The minimum atomic E-state index is -0.443. The van der Waals surface area contributed by atoms with E-state index in [2.05, 4.69) is 23.7 Å². The van der Waals surface area contributed by atoms with Crippen molar-refractivity contribution < 1.29 is 13.9 Å². The highest BCUT2D eigenvalue weighted by atomic mass is 32.1. The van der Waals surface area contributed by atoms with Gasteiger partial charge in [-0.2, -0.15) is 0 Å². The summed E-state index contributed by atoms with van der Waals surface area (Å²) in [5.74, 6) is -0.302. The SMILES string of the molecule is CCN(CC)CCN(C)C(=O)c1sc(-c2ccc(OC)c(F)c2)nc1C. The quantitative estimate of drug-likeness (QED) is 0.702. The van der Waals surface area contributed by atoms with Gasteiger partial charge in [0, 0.05) is 25.7 Å². The molecule has 7 heteroatoms. The topological polar surface area (TPSA) is 45.7 Å². The van der Waals surface area contributed by atoms with Crippen molar-refractivity contribution in [3.05, 3.63) is 34.6 Å². The first-order valence-corrected chi connectivity index (χ1v) is 9.52. The molecule has 0 unspecified atom stereocenters. The summed E-state index contributed by atoms with van der Waals surface area (Å²) in [6.45, 7) is 9.45. The molecule has 0 atom stereocenters. The van der Waals surface area contributed by atoms with Crippen molar-refractivity contribution in [3.63, 3.8) is 0 Å². The van der Waals surface area contributed by atoms with Crippen LogP contribution in [0.5, 0.6) is 5.75 Å². The summed E-state index contributed by atoms with van der Waals surface area (Å²) in [4.78, 5) is 21.8. The first-order chi connectivity index (χ1) is 12.4. The molecular weight excluding hydrogens is 353 g/mol. The third-order valence-corrected chi connectivity index (χ3v) is 5.58. The zero-order valence-corrected chi connectivity index (χ0v) is 16.8. The molecule has 2 rings (SSSR count). The van der Waals surface area contributed by atoms with Gasteiger partial charge >= 0.3 is 0 Å². The molecule has 2 aromatic rings. The molecule has 0 saturated carbocycles. The van der Waals surface area contributed by atoms with E-state index in [9.17, 15) is 9.18 Å². The predicted octanol–water partition coefficient (Wildman–Crippen LogP) is 3.68. The summed E-state index contributed by atoms with van der Waals surface area (Å²) in [5, 5.41) is 0.629. The number of hydrogen-bond donors (Lipinski definition) is 0. The van der Waals surface area contributed by atoms with Gasteiger partial charge < -0.3 is 14.5 Å². The maximum absolute atomic E-state index is 13.9. The summed E-state index contributed by atoms with van der Waals surface area (Å²) < 4.78 is 18.9. The highest BCUT2D eigenvalue weighted by Gasteiger charge is 2.20. The van der Waals surface area contributed by atoms with Gasteiger partial charge in [0.1, 0.15) is 9.88 Å². The molecule has 1 aromatic heterocycles. The molecule has 142 valence electrons. The largest absolute Gasteiger partial charge is 0.494 e. The van der Waals surface area contributed by atoms with Gasteiger partial charge in [0.25, 0.3) is 5.91 Å². The predicted molar refractivity (Wildman–Crippen MR) is 104 cm³/mol. The van der Waals surface area contributed by atoms with Crippen LogP contribution in [0.4, 0.5) is 4.39 Å². The number of halogens is 1. The maximum Gasteiger partial charge on any atom is 0.265 e. The van der Waals surface area contributed by atoms with Gasteiger partial charge in [-0.3, -0.25) is 4.79 Å². The second-order valence-electron chi connectivity index (χ2n) is 6.04. The van der Waals surface area contributed by atoms with Crippen LogP contribution in [0.2, 0.25) is 0 Å². The van der Waals surface area contributed by atoms with Crippen molar-refractivity contribution in [2.24, 2.45) is 0 Å². The second-order valence-corrected chi connectivity index (χ2v) is 7.04. The number of aromatic nitrogens is 1. The number of carbonyl (C=O) groups excluding carboxylic acids is 1. The molecule has 1 amide bonds. The molecule has 1 heterocycles. The van der Waals surface area contributed by atoms with E-state index in [1.165, 1.54) is 24.5 Å². The molecular formula is C19H26FN3O2S. The van der Waals surface area contributed by atoms with Crippen molar-refractivity contribution >= 4 is 17.2 Å². The number of rotatable bonds is 8. The summed E-state index contributed by atoms with van der Waals surface area (Å²) in [6, 6.07) is 4.70. The van der Waals surface area contributed by atoms with Crippen LogP contribution in [0, 0.1) is 12.7 Å². The molecule has 5 nitrogen and oxygen atoms in total. The van der Waals surface area contributed by atoms with E-state index in [0.717, 1.165) is 19.6 Å². The van der Waals surface area contributed by atoms with Gasteiger partial charge in [0.15, 0.2) is 11.6 Å². The van der Waals surface area contributed by atoms with E-state index in [-0.39, 0.29) is 11.7 Å². The highest BCUT2D eigenvalue weighted by molar-refractivity contribution is 7.17. The molecule has 0 aliphatic rings. The lowest BCUT2D eigenvalue weighted by molar-refractivity contribution is 0.0783. The van der Waals surface area contributed by atoms with Crippen LogP contribution in [0.15, 0.2) is 18.2 Å². The number of amides is 1. The standard InChI is InChI=1S/C19H26FN3O2S/c1-6-23(7-2)11-10-22(4)19(24)17-13(3)21-18(26-17)14-8-9-16(25-5)15(20)12-14/h8-9,12H,6-7,10-11H2,1-5H3. The molecule has 0 aliphatic carbocycles. The van der Waals surface area contributed by atoms with E-state index in [1.54, 1.807) is 24.1 Å². The Kier molecular flexibility index (Phi) is 7.11. The first-order valence-electron chi connectivity index (χ1n) is 8.70. The van der Waals surface area contributed by atoms with Crippen molar-refractivity contribution in [1.82, 2.24) is 14.8 Å². The number of ether oxygens (including phenoxy) is 1. The second kappa shape index (κ2) is 9.09. The van der Waals surface area contributed by atoms with Gasteiger partial charge in [-0.05, 0) is 38.2 Å². The fourth-order valence-electron chi connectivity index (χ4n) is 2.62. The maximum atomic E-state index is 13.9. The average molecular weight is 380 g/mol. The van der Waals surface area contributed by atoms with Crippen LogP contribution in [0.25, 0.3) is 10.6 Å². The van der Waals surface area contributed by atoms with E-state index in [0.29, 0.717) is 27.7 Å². The van der Waals surface area contributed by atoms with Gasteiger partial charge in [0.05, 0.1) is 12.8 Å². The van der Waals surface area contributed by atoms with Crippen LogP contribution in [-0.4, -0.2) is 61.0 Å². The lowest BCUT2D eigenvalue weighted by atomic mass is 10.2. The first kappa shape index (κ1) is 20.3. The van der Waals surface area contributed by atoms with E-state index < -0.39 is 5.82 Å². The molecule has 0 bridgehead atoms. The number of hydrogen-bond acceptors (Lipinski definition) is 5. The minimum absolute atomic E-state index is 0.0487. The average Bonchev–Trinajstić information content (AvgIpc) is 3.03. The van der Waals surface area contributed by atoms with Crippen molar-refractivity contribution in [2.45, 2.75) is 20.8 Å².